The predicted octanol–water partition coefficient (Wildman–Crippen LogP) is 2.73. The average molecular weight is 249 g/mol. The van der Waals surface area contributed by atoms with Crippen molar-refractivity contribution in [1.29, 1.82) is 0 Å². The molecule has 0 aromatic heterocycles. The van der Waals surface area contributed by atoms with Gasteiger partial charge in [0, 0.05) is 0 Å². The molecule has 0 saturated heterocycles. The number of hydroxylamine groups is 2. The Balaban J connectivity index is 2.67. The smallest absolute Gasteiger partial charge is 0.335 e. The summed E-state index contributed by atoms with van der Waals surface area (Å²) in [5.74, 6) is -0.901. The van der Waals surface area contributed by atoms with Gasteiger partial charge in [0.2, 0.25) is 0 Å². The summed E-state index contributed by atoms with van der Waals surface area (Å²) < 4.78 is 0. The van der Waals surface area contributed by atoms with Crippen LogP contribution in [0.3, 0.4) is 0 Å². The third-order valence-electron chi connectivity index (χ3n) is 3.78. The molecule has 98 valence electrons. The third kappa shape index (κ3) is 1.56. The van der Waals surface area contributed by atoms with E-state index >= 15 is 0 Å². The number of hydrogen-bond donors (Lipinski definition) is 1. The lowest BCUT2D eigenvalue weighted by Gasteiger charge is -2.38. The van der Waals surface area contributed by atoms with E-state index in [4.69, 9.17) is 9.94 Å². The number of carboxylic acids is 1. The fraction of sp³-hybridized carbons (Fsp3) is 0.500. The third-order valence-corrected chi connectivity index (χ3v) is 3.78. The summed E-state index contributed by atoms with van der Waals surface area (Å²) in [6.45, 7) is 8.22. The molecule has 18 heavy (non-hydrogen) atoms. The lowest BCUT2D eigenvalue weighted by Crippen LogP contribution is -2.44. The molecule has 1 aliphatic rings. The van der Waals surface area contributed by atoms with Crippen LogP contribution in [0.4, 0.5) is 0 Å². The molecule has 1 aromatic carbocycles. The van der Waals surface area contributed by atoms with Crippen LogP contribution in [0.15, 0.2) is 18.2 Å². The van der Waals surface area contributed by atoms with Gasteiger partial charge >= 0.3 is 5.97 Å². The summed E-state index contributed by atoms with van der Waals surface area (Å²) in [5, 5.41) is 11.0. The number of rotatable bonds is 2. The Morgan fingerprint density at radius 2 is 1.72 bits per heavy atom. The minimum atomic E-state index is -0.901. The van der Waals surface area contributed by atoms with Crippen molar-refractivity contribution in [2.45, 2.75) is 38.8 Å². The Morgan fingerprint density at radius 1 is 1.17 bits per heavy atom. The first-order valence-corrected chi connectivity index (χ1v) is 5.95. The SMILES string of the molecule is CON1C(C)(C)c2ccc(C(=O)O)cc2C1(C)C. The summed E-state index contributed by atoms with van der Waals surface area (Å²) in [4.78, 5) is 16.6. The van der Waals surface area contributed by atoms with Gasteiger partial charge in [-0.15, -0.1) is 0 Å². The highest BCUT2D eigenvalue weighted by Crippen LogP contribution is 2.49. The topological polar surface area (TPSA) is 49.8 Å². The highest BCUT2D eigenvalue weighted by atomic mass is 16.7. The van der Waals surface area contributed by atoms with E-state index in [1.807, 2.05) is 25.0 Å². The van der Waals surface area contributed by atoms with Crippen LogP contribution >= 0.6 is 0 Å². The molecule has 0 aliphatic carbocycles. The van der Waals surface area contributed by atoms with Crippen LogP contribution in [0.25, 0.3) is 0 Å². The van der Waals surface area contributed by atoms with Gasteiger partial charge in [0.25, 0.3) is 0 Å². The van der Waals surface area contributed by atoms with Crippen molar-refractivity contribution >= 4 is 5.97 Å². The molecule has 0 spiro atoms. The van der Waals surface area contributed by atoms with Gasteiger partial charge in [0.05, 0.1) is 23.8 Å². The van der Waals surface area contributed by atoms with Gasteiger partial charge in [-0.3, -0.25) is 0 Å². The van der Waals surface area contributed by atoms with Gasteiger partial charge in [0.1, 0.15) is 0 Å². The first-order valence-electron chi connectivity index (χ1n) is 5.95. The van der Waals surface area contributed by atoms with Crippen molar-refractivity contribution in [3.8, 4) is 0 Å². The summed E-state index contributed by atoms with van der Waals surface area (Å²) >= 11 is 0. The maximum atomic E-state index is 11.1. The molecule has 0 fully saturated rings. The van der Waals surface area contributed by atoms with Crippen LogP contribution in [0.1, 0.15) is 49.2 Å². The Labute approximate surface area is 107 Å². The van der Waals surface area contributed by atoms with Gasteiger partial charge in [-0.25, -0.2) is 4.79 Å². The van der Waals surface area contributed by atoms with Crippen molar-refractivity contribution in [3.05, 3.63) is 34.9 Å². The number of nitrogens with zero attached hydrogens (tertiary/aromatic N) is 1. The molecule has 0 bridgehead atoms. The zero-order chi connectivity index (χ0) is 13.7. The van der Waals surface area contributed by atoms with Crippen LogP contribution in [-0.2, 0) is 15.9 Å². The standard InChI is InChI=1S/C14H19NO3/c1-13(2)10-7-6-9(12(16)17)8-11(10)14(3,4)15(13)18-5/h6-8H,1-5H3,(H,16,17). The molecule has 0 atom stereocenters. The largest absolute Gasteiger partial charge is 0.478 e. The lowest BCUT2D eigenvalue weighted by atomic mass is 9.89. The Hall–Kier alpha value is -1.39. The molecule has 1 aromatic rings. The fourth-order valence-electron chi connectivity index (χ4n) is 3.09. The molecule has 1 aliphatic heterocycles. The van der Waals surface area contributed by atoms with E-state index in [0.717, 1.165) is 11.1 Å². The summed E-state index contributed by atoms with van der Waals surface area (Å²) in [5.41, 5.74) is 1.81. The monoisotopic (exact) mass is 249 g/mol. The van der Waals surface area contributed by atoms with Crippen molar-refractivity contribution in [1.82, 2.24) is 5.06 Å². The van der Waals surface area contributed by atoms with E-state index in [9.17, 15) is 4.79 Å². The molecule has 1 heterocycles. The second-order valence-corrected chi connectivity index (χ2v) is 5.66. The molecular formula is C14H19NO3. The highest BCUT2D eigenvalue weighted by molar-refractivity contribution is 5.88. The normalized spacial score (nSPS) is 20.7. The van der Waals surface area contributed by atoms with Crippen LogP contribution in [0, 0.1) is 0 Å². The number of carboxylic acid groups (broad SMARTS) is 1. The molecule has 0 saturated carbocycles. The van der Waals surface area contributed by atoms with Gasteiger partial charge in [-0.1, -0.05) is 6.07 Å². The van der Waals surface area contributed by atoms with Crippen molar-refractivity contribution in [2.75, 3.05) is 7.11 Å². The van der Waals surface area contributed by atoms with Gasteiger partial charge in [-0.05, 0) is 51.0 Å². The minimum absolute atomic E-state index is 0.273. The van der Waals surface area contributed by atoms with Crippen LogP contribution in [-0.4, -0.2) is 23.2 Å². The Kier molecular flexibility index (Phi) is 2.76. The van der Waals surface area contributed by atoms with Crippen LogP contribution < -0.4 is 0 Å². The maximum absolute atomic E-state index is 11.1. The van der Waals surface area contributed by atoms with Gasteiger partial charge in [0.15, 0.2) is 0 Å². The number of fused-ring (bicyclic) bond motifs is 1. The van der Waals surface area contributed by atoms with Gasteiger partial charge in [-0.2, -0.15) is 5.06 Å². The van der Waals surface area contributed by atoms with Gasteiger partial charge < -0.3 is 9.94 Å². The number of carbonyl (C=O) groups is 1. The molecular weight excluding hydrogens is 230 g/mol. The van der Waals surface area contributed by atoms with Crippen molar-refractivity contribution < 1.29 is 14.7 Å². The minimum Gasteiger partial charge on any atom is -0.478 e. The molecule has 1 N–H and O–H groups in total. The first kappa shape index (κ1) is 13.1. The number of aromatic carboxylic acids is 1. The fourth-order valence-corrected chi connectivity index (χ4v) is 3.09. The summed E-state index contributed by atoms with van der Waals surface area (Å²) in [6.07, 6.45) is 0. The molecule has 0 amide bonds. The average Bonchev–Trinajstić information content (AvgIpc) is 2.42. The predicted molar refractivity (Wildman–Crippen MR) is 68.3 cm³/mol. The van der Waals surface area contributed by atoms with E-state index in [-0.39, 0.29) is 11.1 Å². The second-order valence-electron chi connectivity index (χ2n) is 5.66. The number of benzene rings is 1. The van der Waals surface area contributed by atoms with E-state index in [2.05, 4.69) is 13.8 Å². The van der Waals surface area contributed by atoms with E-state index in [1.54, 1.807) is 19.2 Å². The van der Waals surface area contributed by atoms with E-state index in [0.29, 0.717) is 5.56 Å². The first-order chi connectivity index (χ1) is 8.22. The summed E-state index contributed by atoms with van der Waals surface area (Å²) in [6, 6.07) is 5.29. The zero-order valence-corrected chi connectivity index (χ0v) is 11.4. The molecule has 0 radical (unpaired) electrons. The highest BCUT2D eigenvalue weighted by Gasteiger charge is 2.50. The zero-order valence-electron chi connectivity index (χ0n) is 11.4. The Morgan fingerprint density at radius 3 is 2.22 bits per heavy atom. The van der Waals surface area contributed by atoms with Crippen molar-refractivity contribution in [2.24, 2.45) is 0 Å². The number of hydrogen-bond acceptors (Lipinski definition) is 3. The second kappa shape index (κ2) is 3.80. The quantitative estimate of drug-likeness (QED) is 0.875. The van der Waals surface area contributed by atoms with Crippen molar-refractivity contribution in [3.63, 3.8) is 0 Å². The molecule has 0 unspecified atom stereocenters. The Bertz CT molecular complexity index is 506. The van der Waals surface area contributed by atoms with Crippen LogP contribution in [0.2, 0.25) is 0 Å². The van der Waals surface area contributed by atoms with E-state index in [1.165, 1.54) is 0 Å². The molecule has 2 rings (SSSR count). The van der Waals surface area contributed by atoms with E-state index < -0.39 is 5.97 Å². The van der Waals surface area contributed by atoms with Crippen LogP contribution in [0.5, 0.6) is 0 Å². The molecule has 4 heteroatoms. The summed E-state index contributed by atoms with van der Waals surface area (Å²) in [7, 11) is 1.65. The maximum Gasteiger partial charge on any atom is 0.335 e. The lowest BCUT2D eigenvalue weighted by molar-refractivity contribution is -0.241. The molecule has 4 nitrogen and oxygen atoms in total.